The monoisotopic (exact) mass is 428 g/mol. The maximum Gasteiger partial charge on any atom is 0.271 e. The number of thiophene rings is 1. The van der Waals surface area contributed by atoms with E-state index in [2.05, 4.69) is 10.0 Å². The molecule has 0 atom stereocenters. The van der Waals surface area contributed by atoms with Crippen LogP contribution in [-0.4, -0.2) is 15.0 Å². The van der Waals surface area contributed by atoms with Crippen molar-refractivity contribution in [3.8, 4) is 0 Å². The van der Waals surface area contributed by atoms with E-state index in [0.29, 0.717) is 14.9 Å². The molecule has 2 aromatic carbocycles. The predicted octanol–water partition coefficient (Wildman–Crippen LogP) is 4.73. The molecule has 0 amide bonds. The first kappa shape index (κ1) is 19.5. The summed E-state index contributed by atoms with van der Waals surface area (Å²) in [5.74, 6) is 0. The second-order valence-corrected chi connectivity index (χ2v) is 9.54. The first-order valence-electron chi connectivity index (χ1n) is 7.98. The summed E-state index contributed by atoms with van der Waals surface area (Å²) in [6.07, 6.45) is 0.971. The molecule has 0 bridgehead atoms. The van der Waals surface area contributed by atoms with Crippen LogP contribution in [0.5, 0.6) is 0 Å². The van der Waals surface area contributed by atoms with Crippen molar-refractivity contribution in [3.05, 3.63) is 58.1 Å². The fourth-order valence-corrected chi connectivity index (χ4v) is 6.14. The van der Waals surface area contributed by atoms with Crippen LogP contribution >= 0.6 is 35.3 Å². The van der Waals surface area contributed by atoms with Gasteiger partial charge in [-0.25, -0.2) is 8.42 Å². The van der Waals surface area contributed by atoms with Crippen LogP contribution in [0.4, 0.5) is 5.69 Å². The molecule has 26 heavy (non-hydrogen) atoms. The van der Waals surface area contributed by atoms with Crippen LogP contribution in [0.3, 0.4) is 0 Å². The highest BCUT2D eigenvalue weighted by Gasteiger charge is 2.22. The van der Waals surface area contributed by atoms with Gasteiger partial charge in [-0.05, 0) is 72.3 Å². The van der Waals surface area contributed by atoms with E-state index in [0.717, 1.165) is 40.7 Å². The molecule has 1 aromatic heterocycles. The molecule has 4 rings (SSSR count). The quantitative estimate of drug-likeness (QED) is 0.633. The Morgan fingerprint density at radius 1 is 1.15 bits per heavy atom. The Labute approximate surface area is 168 Å². The number of hydrogen-bond donors (Lipinski definition) is 2. The molecule has 0 spiro atoms. The van der Waals surface area contributed by atoms with Crippen LogP contribution in [0.15, 0.2) is 40.6 Å². The van der Waals surface area contributed by atoms with Crippen LogP contribution in [0.1, 0.15) is 16.7 Å². The third-order valence-electron chi connectivity index (χ3n) is 4.44. The maximum absolute atomic E-state index is 12.9. The molecule has 0 radical (unpaired) electrons. The summed E-state index contributed by atoms with van der Waals surface area (Å²) in [5, 5.41) is 4.79. The van der Waals surface area contributed by atoms with Crippen LogP contribution in [0, 0.1) is 6.92 Å². The Morgan fingerprint density at radius 2 is 1.96 bits per heavy atom. The average Bonchev–Trinajstić information content (AvgIpc) is 2.92. The lowest BCUT2D eigenvalue weighted by Gasteiger charge is -2.18. The Morgan fingerprint density at radius 3 is 2.77 bits per heavy atom. The van der Waals surface area contributed by atoms with Crippen molar-refractivity contribution in [2.75, 3.05) is 11.3 Å². The van der Waals surface area contributed by atoms with E-state index >= 15 is 0 Å². The van der Waals surface area contributed by atoms with Gasteiger partial charge in [0.1, 0.15) is 4.21 Å². The number of halogens is 2. The summed E-state index contributed by atoms with van der Waals surface area (Å²) in [6, 6.07) is 11.2. The lowest BCUT2D eigenvalue weighted by atomic mass is 10.0. The van der Waals surface area contributed by atoms with E-state index in [-0.39, 0.29) is 12.4 Å². The van der Waals surface area contributed by atoms with Crippen molar-refractivity contribution in [2.45, 2.75) is 24.1 Å². The zero-order chi connectivity index (χ0) is 17.6. The lowest BCUT2D eigenvalue weighted by Crippen LogP contribution is -2.23. The number of benzene rings is 2. The van der Waals surface area contributed by atoms with Gasteiger partial charge in [0, 0.05) is 22.0 Å². The molecule has 1 aliphatic rings. The highest BCUT2D eigenvalue weighted by atomic mass is 35.5. The summed E-state index contributed by atoms with van der Waals surface area (Å²) in [7, 11) is -3.64. The average molecular weight is 429 g/mol. The number of nitrogens with one attached hydrogen (secondary N) is 2. The van der Waals surface area contributed by atoms with Gasteiger partial charge in [-0.1, -0.05) is 17.7 Å². The summed E-state index contributed by atoms with van der Waals surface area (Å²) in [4.78, 5) is 0. The van der Waals surface area contributed by atoms with E-state index in [4.69, 9.17) is 11.6 Å². The van der Waals surface area contributed by atoms with Crippen LogP contribution < -0.4 is 10.0 Å². The summed E-state index contributed by atoms with van der Waals surface area (Å²) < 4.78 is 29.8. The number of anilines is 1. The highest BCUT2D eigenvalue weighted by Crippen LogP contribution is 2.36. The molecular formula is C18H18Cl2N2O2S2. The van der Waals surface area contributed by atoms with Crippen LogP contribution in [0.25, 0.3) is 10.1 Å². The van der Waals surface area contributed by atoms with E-state index in [1.165, 1.54) is 16.9 Å². The molecule has 0 fully saturated rings. The van der Waals surface area contributed by atoms with Gasteiger partial charge in [0.2, 0.25) is 0 Å². The van der Waals surface area contributed by atoms with Gasteiger partial charge < -0.3 is 5.32 Å². The molecule has 8 heteroatoms. The smallest absolute Gasteiger partial charge is 0.271 e. The first-order valence-corrected chi connectivity index (χ1v) is 10.7. The minimum Gasteiger partial charge on any atom is -0.312 e. The predicted molar refractivity (Wildman–Crippen MR) is 111 cm³/mol. The Hall–Kier alpha value is -1.31. The standard InChI is InChI=1S/C18H17ClN2O2S2.ClH/c1-11-16-9-14(19)3-5-17(16)24-18(11)25(22,23)21-15-4-2-12-6-7-20-10-13(12)8-15;/h2-5,8-9,20-21H,6-7,10H2,1H3;1H. The number of hydrogen-bond acceptors (Lipinski definition) is 4. The molecule has 0 unspecified atom stereocenters. The van der Waals surface area contributed by atoms with Gasteiger partial charge in [-0.2, -0.15) is 0 Å². The number of aryl methyl sites for hydroxylation is 1. The zero-order valence-corrected chi connectivity index (χ0v) is 17.2. The molecule has 0 saturated heterocycles. The molecule has 138 valence electrons. The Balaban J connectivity index is 0.00000196. The Bertz CT molecular complexity index is 1080. The van der Waals surface area contributed by atoms with Gasteiger partial charge >= 0.3 is 0 Å². The third-order valence-corrected chi connectivity index (χ3v) is 7.95. The second kappa shape index (κ2) is 7.37. The number of sulfonamides is 1. The minimum atomic E-state index is -3.64. The number of rotatable bonds is 3. The SMILES string of the molecule is Cc1c(S(=O)(=O)Nc2ccc3c(c2)CNCC3)sc2ccc(Cl)cc12.Cl. The fraction of sp³-hybridized carbons (Fsp3) is 0.222. The van der Waals surface area contributed by atoms with E-state index in [1.54, 1.807) is 6.07 Å². The Kier molecular flexibility index (Phi) is 5.51. The third kappa shape index (κ3) is 3.57. The molecular weight excluding hydrogens is 411 g/mol. The second-order valence-electron chi connectivity index (χ2n) is 6.17. The summed E-state index contributed by atoms with van der Waals surface area (Å²) >= 11 is 7.31. The summed E-state index contributed by atoms with van der Waals surface area (Å²) in [5.41, 5.74) is 3.74. The van der Waals surface area contributed by atoms with Crippen molar-refractivity contribution in [1.29, 1.82) is 0 Å². The van der Waals surface area contributed by atoms with Gasteiger partial charge in [-0.3, -0.25) is 4.72 Å². The lowest BCUT2D eigenvalue weighted by molar-refractivity contribution is 0.602. The molecule has 1 aliphatic heterocycles. The van der Waals surface area contributed by atoms with Gasteiger partial charge in [-0.15, -0.1) is 23.7 Å². The molecule has 2 N–H and O–H groups in total. The molecule has 3 aromatic rings. The topological polar surface area (TPSA) is 58.2 Å². The largest absolute Gasteiger partial charge is 0.312 e. The van der Waals surface area contributed by atoms with Gasteiger partial charge in [0.25, 0.3) is 10.0 Å². The summed E-state index contributed by atoms with van der Waals surface area (Å²) in [6.45, 7) is 3.55. The van der Waals surface area contributed by atoms with Crippen molar-refractivity contribution in [3.63, 3.8) is 0 Å². The highest BCUT2D eigenvalue weighted by molar-refractivity contribution is 7.94. The van der Waals surface area contributed by atoms with E-state index < -0.39 is 10.0 Å². The molecule has 2 heterocycles. The number of fused-ring (bicyclic) bond motifs is 2. The first-order chi connectivity index (χ1) is 11.9. The van der Waals surface area contributed by atoms with Crippen LogP contribution in [0.2, 0.25) is 5.02 Å². The van der Waals surface area contributed by atoms with Crippen molar-refractivity contribution >= 4 is 61.1 Å². The normalized spacial score (nSPS) is 13.9. The molecule has 0 aliphatic carbocycles. The van der Waals surface area contributed by atoms with E-state index in [9.17, 15) is 8.42 Å². The fourth-order valence-electron chi connectivity index (χ4n) is 3.17. The maximum atomic E-state index is 12.9. The van der Waals surface area contributed by atoms with Crippen molar-refractivity contribution in [1.82, 2.24) is 5.32 Å². The van der Waals surface area contributed by atoms with Gasteiger partial charge in [0.05, 0.1) is 0 Å². The minimum absolute atomic E-state index is 0. The van der Waals surface area contributed by atoms with Gasteiger partial charge in [0.15, 0.2) is 0 Å². The molecule has 0 saturated carbocycles. The zero-order valence-electron chi connectivity index (χ0n) is 14.0. The van der Waals surface area contributed by atoms with Crippen LogP contribution in [-0.2, 0) is 23.0 Å². The van der Waals surface area contributed by atoms with Crippen molar-refractivity contribution < 1.29 is 8.42 Å². The molecule has 4 nitrogen and oxygen atoms in total. The van der Waals surface area contributed by atoms with E-state index in [1.807, 2.05) is 37.3 Å². The van der Waals surface area contributed by atoms with Crippen molar-refractivity contribution in [2.24, 2.45) is 0 Å².